The maximum Gasteiger partial charge on any atom is 0.172 e. The number of halogens is 1. The summed E-state index contributed by atoms with van der Waals surface area (Å²) in [6, 6.07) is 12.7. The lowest BCUT2D eigenvalue weighted by Gasteiger charge is -2.30. The highest BCUT2D eigenvalue weighted by atomic mass is 19.1. The highest BCUT2D eigenvalue weighted by Gasteiger charge is 2.18. The first-order valence-corrected chi connectivity index (χ1v) is 10.4. The molecule has 1 fully saturated rings. The fraction of sp³-hybridized carbons (Fsp3) is 0.261. The summed E-state index contributed by atoms with van der Waals surface area (Å²) >= 11 is 0. The Morgan fingerprint density at radius 1 is 1.10 bits per heavy atom. The largest absolute Gasteiger partial charge is 0.363 e. The number of piperazine rings is 1. The van der Waals surface area contributed by atoms with Crippen LogP contribution in [0, 0.1) is 12.7 Å². The fourth-order valence-electron chi connectivity index (χ4n) is 3.83. The summed E-state index contributed by atoms with van der Waals surface area (Å²) in [6.07, 6.45) is 1.80. The lowest BCUT2D eigenvalue weighted by Crippen LogP contribution is -2.44. The molecule has 5 rings (SSSR count). The Bertz CT molecular complexity index is 1200. The molecule has 7 nitrogen and oxygen atoms in total. The van der Waals surface area contributed by atoms with Crippen molar-refractivity contribution in [2.45, 2.75) is 13.5 Å². The summed E-state index contributed by atoms with van der Waals surface area (Å²) in [5, 5.41) is 15.2. The highest BCUT2D eigenvalue weighted by Crippen LogP contribution is 2.29. The second-order valence-corrected chi connectivity index (χ2v) is 7.71. The van der Waals surface area contributed by atoms with Gasteiger partial charge in [0.1, 0.15) is 5.82 Å². The lowest BCUT2D eigenvalue weighted by molar-refractivity contribution is 0.585. The molecule has 1 aliphatic heterocycles. The van der Waals surface area contributed by atoms with Gasteiger partial charge in [-0.05, 0) is 36.8 Å². The SMILES string of the molecule is Cc1n[nH]c2ccc(-c3cnc(NCc4ccc(F)cc4)c(N4CCNCC4)n3)cc12. The fourth-order valence-corrected chi connectivity index (χ4v) is 3.83. The van der Waals surface area contributed by atoms with Crippen molar-refractivity contribution in [1.29, 1.82) is 0 Å². The first-order valence-electron chi connectivity index (χ1n) is 10.4. The minimum absolute atomic E-state index is 0.237. The maximum absolute atomic E-state index is 13.2. The summed E-state index contributed by atoms with van der Waals surface area (Å²) in [5.41, 5.74) is 4.78. The Kier molecular flexibility index (Phi) is 5.21. The molecule has 1 saturated heterocycles. The number of aromatic nitrogens is 4. The van der Waals surface area contributed by atoms with E-state index >= 15 is 0 Å². The zero-order chi connectivity index (χ0) is 21.2. The molecule has 0 saturated carbocycles. The summed E-state index contributed by atoms with van der Waals surface area (Å²) in [5.74, 6) is 1.33. The predicted octanol–water partition coefficient (Wildman–Crippen LogP) is 3.49. The van der Waals surface area contributed by atoms with Crippen molar-refractivity contribution in [1.82, 2.24) is 25.5 Å². The zero-order valence-electron chi connectivity index (χ0n) is 17.3. The first kappa shape index (κ1) is 19.4. The number of H-pyrrole nitrogens is 1. The van der Waals surface area contributed by atoms with E-state index in [0.717, 1.165) is 71.2 Å². The number of aryl methyl sites for hydroxylation is 1. The van der Waals surface area contributed by atoms with Gasteiger partial charge < -0.3 is 15.5 Å². The van der Waals surface area contributed by atoms with Gasteiger partial charge in [0.15, 0.2) is 11.6 Å². The zero-order valence-corrected chi connectivity index (χ0v) is 17.3. The van der Waals surface area contributed by atoms with Gasteiger partial charge >= 0.3 is 0 Å². The number of hydrogen-bond donors (Lipinski definition) is 3. The number of nitrogens with zero attached hydrogens (tertiary/aromatic N) is 4. The number of rotatable bonds is 5. The summed E-state index contributed by atoms with van der Waals surface area (Å²) < 4.78 is 13.2. The van der Waals surface area contributed by atoms with Crippen molar-refractivity contribution in [3.8, 4) is 11.3 Å². The van der Waals surface area contributed by atoms with Crippen LogP contribution in [0.5, 0.6) is 0 Å². The van der Waals surface area contributed by atoms with Crippen molar-refractivity contribution < 1.29 is 4.39 Å². The van der Waals surface area contributed by atoms with Crippen LogP contribution in [0.25, 0.3) is 22.2 Å². The molecule has 2 aromatic heterocycles. The molecule has 0 atom stereocenters. The summed E-state index contributed by atoms with van der Waals surface area (Å²) in [6.45, 7) is 6.08. The number of nitrogens with one attached hydrogen (secondary N) is 3. The number of hydrogen-bond acceptors (Lipinski definition) is 6. The van der Waals surface area contributed by atoms with E-state index in [9.17, 15) is 4.39 Å². The molecule has 4 aromatic rings. The molecule has 0 unspecified atom stereocenters. The smallest absolute Gasteiger partial charge is 0.172 e. The number of aromatic amines is 1. The third-order valence-corrected chi connectivity index (χ3v) is 5.59. The van der Waals surface area contributed by atoms with Crippen molar-refractivity contribution in [2.75, 3.05) is 36.4 Å². The molecule has 3 N–H and O–H groups in total. The second kappa shape index (κ2) is 8.31. The highest BCUT2D eigenvalue weighted by molar-refractivity contribution is 5.86. The molecule has 8 heteroatoms. The molecule has 0 bridgehead atoms. The third-order valence-electron chi connectivity index (χ3n) is 5.59. The van der Waals surface area contributed by atoms with Crippen LogP contribution < -0.4 is 15.5 Å². The van der Waals surface area contributed by atoms with Crippen LogP contribution >= 0.6 is 0 Å². The van der Waals surface area contributed by atoms with E-state index in [2.05, 4.69) is 31.8 Å². The normalized spacial score (nSPS) is 14.2. The van der Waals surface area contributed by atoms with E-state index < -0.39 is 0 Å². The topological polar surface area (TPSA) is 81.8 Å². The van der Waals surface area contributed by atoms with Gasteiger partial charge in [-0.25, -0.2) is 14.4 Å². The number of fused-ring (bicyclic) bond motifs is 1. The molecular weight excluding hydrogens is 393 g/mol. The maximum atomic E-state index is 13.2. The molecule has 0 spiro atoms. The molecule has 3 heterocycles. The summed E-state index contributed by atoms with van der Waals surface area (Å²) in [4.78, 5) is 12.0. The van der Waals surface area contributed by atoms with Crippen molar-refractivity contribution in [2.24, 2.45) is 0 Å². The molecule has 2 aromatic carbocycles. The van der Waals surface area contributed by atoms with Crippen LogP contribution in [0.4, 0.5) is 16.0 Å². The van der Waals surface area contributed by atoms with Gasteiger partial charge in [-0.15, -0.1) is 0 Å². The monoisotopic (exact) mass is 417 g/mol. The lowest BCUT2D eigenvalue weighted by atomic mass is 10.1. The van der Waals surface area contributed by atoms with Crippen molar-refractivity contribution in [3.05, 3.63) is 65.7 Å². The Morgan fingerprint density at radius 3 is 2.71 bits per heavy atom. The molecule has 31 heavy (non-hydrogen) atoms. The van der Waals surface area contributed by atoms with E-state index in [4.69, 9.17) is 9.97 Å². The number of anilines is 2. The van der Waals surface area contributed by atoms with E-state index in [1.165, 1.54) is 12.1 Å². The van der Waals surface area contributed by atoms with Gasteiger partial charge in [-0.3, -0.25) is 5.10 Å². The molecule has 0 radical (unpaired) electrons. The van der Waals surface area contributed by atoms with Gasteiger partial charge in [0.05, 0.1) is 23.1 Å². The van der Waals surface area contributed by atoms with Crippen LogP contribution in [0.1, 0.15) is 11.3 Å². The second-order valence-electron chi connectivity index (χ2n) is 7.71. The van der Waals surface area contributed by atoms with Gasteiger partial charge in [-0.1, -0.05) is 18.2 Å². The Balaban J connectivity index is 1.48. The van der Waals surface area contributed by atoms with Crippen LogP contribution in [0.2, 0.25) is 0 Å². The summed E-state index contributed by atoms with van der Waals surface area (Å²) in [7, 11) is 0. The van der Waals surface area contributed by atoms with Crippen LogP contribution in [-0.4, -0.2) is 46.3 Å². The molecule has 158 valence electrons. The Labute approximate surface area is 179 Å². The van der Waals surface area contributed by atoms with Gasteiger partial charge in [0.25, 0.3) is 0 Å². The van der Waals surface area contributed by atoms with E-state index in [1.54, 1.807) is 18.3 Å². The Morgan fingerprint density at radius 2 is 1.90 bits per heavy atom. The van der Waals surface area contributed by atoms with Gasteiger partial charge in [0.2, 0.25) is 0 Å². The standard InChI is InChI=1S/C23H24FN7/c1-15-19-12-17(4-7-20(19)30-29-15)21-14-27-22(23(28-21)31-10-8-25-9-11-31)26-13-16-2-5-18(24)6-3-16/h2-7,12,14,25H,8-11,13H2,1H3,(H,26,27)(H,29,30). The molecule has 0 amide bonds. The van der Waals surface area contributed by atoms with E-state index in [1.807, 2.05) is 19.1 Å². The van der Waals surface area contributed by atoms with Gasteiger partial charge in [-0.2, -0.15) is 5.10 Å². The van der Waals surface area contributed by atoms with Crippen LogP contribution in [0.15, 0.2) is 48.7 Å². The van der Waals surface area contributed by atoms with E-state index in [-0.39, 0.29) is 5.82 Å². The van der Waals surface area contributed by atoms with Crippen molar-refractivity contribution in [3.63, 3.8) is 0 Å². The van der Waals surface area contributed by atoms with Crippen LogP contribution in [-0.2, 0) is 6.54 Å². The van der Waals surface area contributed by atoms with Crippen molar-refractivity contribution >= 4 is 22.5 Å². The van der Waals surface area contributed by atoms with Gasteiger partial charge in [0, 0.05) is 43.7 Å². The molecular formula is C23H24FN7. The Hall–Kier alpha value is -3.52. The minimum atomic E-state index is -0.237. The third kappa shape index (κ3) is 4.06. The quantitative estimate of drug-likeness (QED) is 0.461. The average Bonchev–Trinajstić information content (AvgIpc) is 3.19. The minimum Gasteiger partial charge on any atom is -0.363 e. The average molecular weight is 417 g/mol. The molecule has 1 aliphatic rings. The first-order chi connectivity index (χ1) is 15.2. The van der Waals surface area contributed by atoms with E-state index in [0.29, 0.717) is 6.54 Å². The predicted molar refractivity (Wildman–Crippen MR) is 121 cm³/mol. The van der Waals surface area contributed by atoms with Crippen LogP contribution in [0.3, 0.4) is 0 Å². The number of benzene rings is 2. The molecule has 0 aliphatic carbocycles.